The molecule has 1 aromatic heterocycles. The number of nitrogens with zero attached hydrogens (tertiary/aromatic N) is 1. The number of aromatic nitrogens is 1. The van der Waals surface area contributed by atoms with E-state index >= 15 is 0 Å². The average Bonchev–Trinajstić information content (AvgIpc) is 2.46. The maximum atomic E-state index is 5.95. The van der Waals surface area contributed by atoms with Gasteiger partial charge >= 0.3 is 0 Å². The molecule has 0 radical (unpaired) electrons. The molecule has 0 aliphatic carbocycles. The summed E-state index contributed by atoms with van der Waals surface area (Å²) in [6.45, 7) is 6.78. The number of thiocarbonyl (C=S) groups is 1. The minimum Gasteiger partial charge on any atom is -0.489 e. The van der Waals surface area contributed by atoms with E-state index in [4.69, 9.17) is 22.7 Å². The Morgan fingerprint density at radius 2 is 2.10 bits per heavy atom. The van der Waals surface area contributed by atoms with Crippen LogP contribution < -0.4 is 10.5 Å². The molecule has 0 aliphatic rings. The summed E-state index contributed by atoms with van der Waals surface area (Å²) < 4.78 is 5.95. The number of pyridine rings is 1. The Labute approximate surface area is 131 Å². The quantitative estimate of drug-likeness (QED) is 0.855. The predicted octanol–water partition coefficient (Wildman–Crippen LogP) is 3.73. The summed E-state index contributed by atoms with van der Waals surface area (Å²) in [5.41, 5.74) is 9.59. The number of hydrogen-bond donors (Lipinski definition) is 1. The van der Waals surface area contributed by atoms with E-state index in [0.717, 1.165) is 16.9 Å². The molecule has 2 aromatic rings. The Morgan fingerprint density at radius 1 is 1.33 bits per heavy atom. The maximum absolute atomic E-state index is 5.95. The van der Waals surface area contributed by atoms with Gasteiger partial charge in [-0.15, -0.1) is 0 Å². The SMILES string of the molecule is Cc1ccc(C(C)C)cc1OCc1cccnc1C(N)=S. The van der Waals surface area contributed by atoms with Gasteiger partial charge in [-0.05, 0) is 36.1 Å². The topological polar surface area (TPSA) is 48.1 Å². The summed E-state index contributed by atoms with van der Waals surface area (Å²) in [4.78, 5) is 4.51. The first kappa shape index (κ1) is 15.4. The van der Waals surface area contributed by atoms with Gasteiger partial charge in [-0.25, -0.2) is 0 Å². The Morgan fingerprint density at radius 3 is 2.76 bits per heavy atom. The summed E-state index contributed by atoms with van der Waals surface area (Å²) in [6.07, 6.45) is 1.68. The molecule has 3 nitrogen and oxygen atoms in total. The summed E-state index contributed by atoms with van der Waals surface area (Å²) >= 11 is 5.02. The first-order valence-electron chi connectivity index (χ1n) is 6.96. The van der Waals surface area contributed by atoms with Gasteiger partial charge in [-0.1, -0.05) is 44.3 Å². The number of nitrogens with two attached hydrogens (primary N) is 1. The van der Waals surface area contributed by atoms with Crippen molar-refractivity contribution in [1.82, 2.24) is 4.98 Å². The molecule has 0 saturated heterocycles. The lowest BCUT2D eigenvalue weighted by Crippen LogP contribution is -2.15. The van der Waals surface area contributed by atoms with Crippen LogP contribution >= 0.6 is 12.2 Å². The number of aryl methyl sites for hydroxylation is 1. The molecule has 0 bridgehead atoms. The minimum absolute atomic E-state index is 0.293. The van der Waals surface area contributed by atoms with E-state index in [2.05, 4.69) is 37.0 Å². The lowest BCUT2D eigenvalue weighted by Gasteiger charge is -2.14. The van der Waals surface area contributed by atoms with Crippen molar-refractivity contribution in [3.05, 3.63) is 58.9 Å². The van der Waals surface area contributed by atoms with Gasteiger partial charge in [0, 0.05) is 11.8 Å². The molecule has 110 valence electrons. The lowest BCUT2D eigenvalue weighted by atomic mass is 10.0. The fraction of sp³-hybridized carbons (Fsp3) is 0.294. The van der Waals surface area contributed by atoms with Gasteiger partial charge < -0.3 is 10.5 Å². The smallest absolute Gasteiger partial charge is 0.123 e. The predicted molar refractivity (Wildman–Crippen MR) is 89.7 cm³/mol. The van der Waals surface area contributed by atoms with Gasteiger partial charge in [0.05, 0.1) is 0 Å². The van der Waals surface area contributed by atoms with E-state index < -0.39 is 0 Å². The Bertz CT molecular complexity index is 653. The number of ether oxygens (including phenoxy) is 1. The van der Waals surface area contributed by atoms with Gasteiger partial charge in [-0.3, -0.25) is 4.98 Å². The van der Waals surface area contributed by atoms with Crippen LogP contribution in [-0.2, 0) is 6.61 Å². The third kappa shape index (κ3) is 3.79. The molecule has 0 amide bonds. The molecule has 0 unspecified atom stereocenters. The third-order valence-corrected chi connectivity index (χ3v) is 3.58. The largest absolute Gasteiger partial charge is 0.489 e. The molecule has 1 aromatic carbocycles. The second-order valence-corrected chi connectivity index (χ2v) is 5.78. The van der Waals surface area contributed by atoms with Crippen LogP contribution in [-0.4, -0.2) is 9.97 Å². The van der Waals surface area contributed by atoms with Crippen LogP contribution in [0.2, 0.25) is 0 Å². The Hall–Kier alpha value is -1.94. The van der Waals surface area contributed by atoms with Crippen molar-refractivity contribution >= 4 is 17.2 Å². The monoisotopic (exact) mass is 300 g/mol. The molecule has 21 heavy (non-hydrogen) atoms. The normalized spacial score (nSPS) is 10.7. The van der Waals surface area contributed by atoms with Crippen molar-refractivity contribution in [1.29, 1.82) is 0 Å². The number of benzene rings is 1. The Balaban J connectivity index is 2.20. The summed E-state index contributed by atoms with van der Waals surface area (Å²) in [6, 6.07) is 10.1. The standard InChI is InChI=1S/C17H20N2OS/c1-11(2)13-7-6-12(3)15(9-13)20-10-14-5-4-8-19-16(14)17(18)21/h4-9,11H,10H2,1-3H3,(H2,18,21). The second-order valence-electron chi connectivity index (χ2n) is 5.34. The van der Waals surface area contributed by atoms with Crippen LogP contribution in [0.5, 0.6) is 5.75 Å². The zero-order valence-electron chi connectivity index (χ0n) is 12.6. The number of hydrogen-bond acceptors (Lipinski definition) is 3. The number of rotatable bonds is 5. The molecule has 1 heterocycles. The minimum atomic E-state index is 0.293. The average molecular weight is 300 g/mol. The van der Waals surface area contributed by atoms with Crippen molar-refractivity contribution in [3.8, 4) is 5.75 Å². The third-order valence-electron chi connectivity index (χ3n) is 3.39. The molecule has 4 heteroatoms. The fourth-order valence-electron chi connectivity index (χ4n) is 2.06. The summed E-state index contributed by atoms with van der Waals surface area (Å²) in [5, 5.41) is 0. The molecule has 2 N–H and O–H groups in total. The second kappa shape index (κ2) is 6.68. The molecule has 0 saturated carbocycles. The highest BCUT2D eigenvalue weighted by atomic mass is 32.1. The molecule has 2 rings (SSSR count). The van der Waals surface area contributed by atoms with Gasteiger partial charge in [0.1, 0.15) is 23.0 Å². The van der Waals surface area contributed by atoms with E-state index in [1.54, 1.807) is 6.20 Å². The maximum Gasteiger partial charge on any atom is 0.123 e. The zero-order chi connectivity index (χ0) is 15.4. The Kier molecular flexibility index (Phi) is 4.91. The highest BCUT2D eigenvalue weighted by molar-refractivity contribution is 7.80. The van der Waals surface area contributed by atoms with Gasteiger partial charge in [0.2, 0.25) is 0 Å². The highest BCUT2D eigenvalue weighted by Gasteiger charge is 2.09. The first-order valence-corrected chi connectivity index (χ1v) is 7.37. The van der Waals surface area contributed by atoms with Crippen LogP contribution in [0.1, 0.15) is 42.1 Å². The first-order chi connectivity index (χ1) is 9.99. The molecular weight excluding hydrogens is 280 g/mol. The molecule has 0 spiro atoms. The molecular formula is C17H20N2OS. The zero-order valence-corrected chi connectivity index (χ0v) is 13.4. The van der Waals surface area contributed by atoms with E-state index in [1.165, 1.54) is 5.56 Å². The van der Waals surface area contributed by atoms with E-state index in [-0.39, 0.29) is 0 Å². The van der Waals surface area contributed by atoms with Crippen LogP contribution in [0.25, 0.3) is 0 Å². The molecule has 0 aliphatic heterocycles. The van der Waals surface area contributed by atoms with Gasteiger partial charge in [0.15, 0.2) is 0 Å². The van der Waals surface area contributed by atoms with Crippen LogP contribution in [0.4, 0.5) is 0 Å². The van der Waals surface area contributed by atoms with Crippen LogP contribution in [0.15, 0.2) is 36.5 Å². The van der Waals surface area contributed by atoms with E-state index in [0.29, 0.717) is 23.2 Å². The summed E-state index contributed by atoms with van der Waals surface area (Å²) in [5.74, 6) is 1.36. The van der Waals surface area contributed by atoms with Crippen molar-refractivity contribution in [3.63, 3.8) is 0 Å². The van der Waals surface area contributed by atoms with Crippen LogP contribution in [0, 0.1) is 6.92 Å². The van der Waals surface area contributed by atoms with E-state index in [9.17, 15) is 0 Å². The van der Waals surface area contributed by atoms with Crippen molar-refractivity contribution in [2.24, 2.45) is 5.73 Å². The van der Waals surface area contributed by atoms with Crippen molar-refractivity contribution in [2.45, 2.75) is 33.3 Å². The molecule has 0 fully saturated rings. The van der Waals surface area contributed by atoms with Crippen molar-refractivity contribution < 1.29 is 4.74 Å². The lowest BCUT2D eigenvalue weighted by molar-refractivity contribution is 0.303. The van der Waals surface area contributed by atoms with Crippen molar-refractivity contribution in [2.75, 3.05) is 0 Å². The molecule has 0 atom stereocenters. The van der Waals surface area contributed by atoms with Gasteiger partial charge in [0.25, 0.3) is 0 Å². The highest BCUT2D eigenvalue weighted by Crippen LogP contribution is 2.25. The summed E-state index contributed by atoms with van der Waals surface area (Å²) in [7, 11) is 0. The van der Waals surface area contributed by atoms with Gasteiger partial charge in [-0.2, -0.15) is 0 Å². The fourth-order valence-corrected chi connectivity index (χ4v) is 2.25. The van der Waals surface area contributed by atoms with E-state index in [1.807, 2.05) is 19.1 Å². The van der Waals surface area contributed by atoms with Crippen LogP contribution in [0.3, 0.4) is 0 Å².